The lowest BCUT2D eigenvalue weighted by Crippen LogP contribution is -2.37. The lowest BCUT2D eigenvalue weighted by molar-refractivity contribution is 0.288. The molecule has 0 heterocycles. The van der Waals surface area contributed by atoms with Gasteiger partial charge in [0.05, 0.1) is 0 Å². The molecule has 2 aliphatic rings. The highest BCUT2D eigenvalue weighted by atomic mass is 15.1. The van der Waals surface area contributed by atoms with E-state index in [9.17, 15) is 0 Å². The Hall–Kier alpha value is -0.0800. The van der Waals surface area contributed by atoms with Crippen LogP contribution in [0.2, 0.25) is 0 Å². The van der Waals surface area contributed by atoms with Crippen LogP contribution in [-0.4, -0.2) is 31.1 Å². The summed E-state index contributed by atoms with van der Waals surface area (Å²) >= 11 is 0. The summed E-state index contributed by atoms with van der Waals surface area (Å²) < 4.78 is 0. The molecule has 2 N–H and O–H groups in total. The monoisotopic (exact) mass is 168 g/mol. The molecule has 1 unspecified atom stereocenters. The summed E-state index contributed by atoms with van der Waals surface area (Å²) in [6.45, 7) is 2.39. The van der Waals surface area contributed by atoms with Gasteiger partial charge in [0.2, 0.25) is 0 Å². The minimum atomic E-state index is 0.453. The van der Waals surface area contributed by atoms with Gasteiger partial charge in [0, 0.05) is 19.1 Å². The second-order valence-electron chi connectivity index (χ2n) is 4.67. The van der Waals surface area contributed by atoms with E-state index >= 15 is 0 Å². The van der Waals surface area contributed by atoms with Crippen molar-refractivity contribution in [2.24, 2.45) is 17.6 Å². The third-order valence-electron chi connectivity index (χ3n) is 3.02. The van der Waals surface area contributed by atoms with Gasteiger partial charge in [0.15, 0.2) is 0 Å². The van der Waals surface area contributed by atoms with Crippen LogP contribution in [0.25, 0.3) is 0 Å². The van der Waals surface area contributed by atoms with Crippen LogP contribution >= 0.6 is 0 Å². The Morgan fingerprint density at radius 2 is 2.00 bits per heavy atom. The number of likely N-dealkylation sites (N-methyl/N-ethyl adjacent to an activating group) is 1. The molecule has 0 aromatic heterocycles. The van der Waals surface area contributed by atoms with E-state index in [-0.39, 0.29) is 0 Å². The molecular formula is C10H20N2. The molecule has 70 valence electrons. The molecular weight excluding hydrogens is 148 g/mol. The molecule has 0 radical (unpaired) electrons. The lowest BCUT2D eigenvalue weighted by atomic mass is 10.2. The van der Waals surface area contributed by atoms with Crippen molar-refractivity contribution in [3.63, 3.8) is 0 Å². The quantitative estimate of drug-likeness (QED) is 0.665. The molecule has 1 atom stereocenters. The van der Waals surface area contributed by atoms with Crippen molar-refractivity contribution in [3.05, 3.63) is 0 Å². The summed E-state index contributed by atoms with van der Waals surface area (Å²) in [5, 5.41) is 0. The molecule has 0 aliphatic heterocycles. The molecule has 2 saturated carbocycles. The Morgan fingerprint density at radius 1 is 1.33 bits per heavy atom. The van der Waals surface area contributed by atoms with Gasteiger partial charge in [0.1, 0.15) is 0 Å². The van der Waals surface area contributed by atoms with Gasteiger partial charge in [-0.1, -0.05) is 0 Å². The molecule has 0 saturated heterocycles. The minimum Gasteiger partial charge on any atom is -0.326 e. The van der Waals surface area contributed by atoms with Gasteiger partial charge in [0.25, 0.3) is 0 Å². The number of hydrogen-bond donors (Lipinski definition) is 1. The molecule has 0 spiro atoms. The first-order valence-electron chi connectivity index (χ1n) is 5.20. The van der Waals surface area contributed by atoms with Crippen LogP contribution in [0, 0.1) is 11.8 Å². The molecule has 2 fully saturated rings. The van der Waals surface area contributed by atoms with Gasteiger partial charge in [-0.2, -0.15) is 0 Å². The van der Waals surface area contributed by atoms with Gasteiger partial charge >= 0.3 is 0 Å². The summed E-state index contributed by atoms with van der Waals surface area (Å²) in [5.74, 6) is 1.85. The first-order valence-corrected chi connectivity index (χ1v) is 5.20. The van der Waals surface area contributed by atoms with Crippen molar-refractivity contribution >= 4 is 0 Å². The highest BCUT2D eigenvalue weighted by Crippen LogP contribution is 2.33. The molecule has 12 heavy (non-hydrogen) atoms. The summed E-state index contributed by atoms with van der Waals surface area (Å²) in [7, 11) is 2.21. The Labute approximate surface area is 75.1 Å². The Morgan fingerprint density at radius 3 is 2.50 bits per heavy atom. The highest BCUT2D eigenvalue weighted by Gasteiger charge is 2.30. The Kier molecular flexibility index (Phi) is 2.37. The van der Waals surface area contributed by atoms with E-state index in [0.717, 1.165) is 18.4 Å². The number of hydrogen-bond acceptors (Lipinski definition) is 2. The van der Waals surface area contributed by atoms with Gasteiger partial charge < -0.3 is 10.6 Å². The largest absolute Gasteiger partial charge is 0.326 e. The van der Waals surface area contributed by atoms with E-state index in [1.54, 1.807) is 0 Å². The average Bonchev–Trinajstić information content (AvgIpc) is 2.83. The van der Waals surface area contributed by atoms with E-state index in [4.69, 9.17) is 5.73 Å². The second kappa shape index (κ2) is 3.35. The normalized spacial score (nSPS) is 26.2. The molecule has 0 amide bonds. The lowest BCUT2D eigenvalue weighted by Gasteiger charge is -2.20. The van der Waals surface area contributed by atoms with Crippen LogP contribution in [0.4, 0.5) is 0 Å². The van der Waals surface area contributed by atoms with Crippen molar-refractivity contribution in [2.75, 3.05) is 20.1 Å². The minimum absolute atomic E-state index is 0.453. The van der Waals surface area contributed by atoms with E-state index in [2.05, 4.69) is 11.9 Å². The fraction of sp³-hybridized carbons (Fsp3) is 1.00. The fourth-order valence-electron chi connectivity index (χ4n) is 1.85. The first kappa shape index (κ1) is 8.52. The molecule has 2 rings (SSSR count). The molecule has 2 aliphatic carbocycles. The third-order valence-corrected chi connectivity index (χ3v) is 3.02. The van der Waals surface area contributed by atoms with E-state index in [1.807, 2.05) is 0 Å². The van der Waals surface area contributed by atoms with Crippen LogP contribution < -0.4 is 5.73 Å². The van der Waals surface area contributed by atoms with Crippen molar-refractivity contribution in [1.29, 1.82) is 0 Å². The van der Waals surface area contributed by atoms with Crippen LogP contribution in [0.15, 0.2) is 0 Å². The van der Waals surface area contributed by atoms with Crippen molar-refractivity contribution < 1.29 is 0 Å². The molecule has 0 aromatic rings. The zero-order valence-corrected chi connectivity index (χ0v) is 8.00. The van der Waals surface area contributed by atoms with E-state index in [1.165, 1.54) is 32.2 Å². The molecule has 2 heteroatoms. The molecule has 0 bridgehead atoms. The van der Waals surface area contributed by atoms with Crippen LogP contribution in [0.5, 0.6) is 0 Å². The second-order valence-corrected chi connectivity index (χ2v) is 4.67. The van der Waals surface area contributed by atoms with E-state index < -0.39 is 0 Å². The van der Waals surface area contributed by atoms with Crippen LogP contribution in [0.3, 0.4) is 0 Å². The van der Waals surface area contributed by atoms with Crippen molar-refractivity contribution in [1.82, 2.24) is 4.90 Å². The molecule has 0 aromatic carbocycles. The summed E-state index contributed by atoms with van der Waals surface area (Å²) in [6, 6.07) is 0.453. The standard InChI is InChI=1S/C10H20N2/c1-12(6-8-2-3-8)7-10(11)9-4-5-9/h8-10H,2-7,11H2,1H3. The van der Waals surface area contributed by atoms with Crippen LogP contribution in [0.1, 0.15) is 25.7 Å². The fourth-order valence-corrected chi connectivity index (χ4v) is 1.85. The maximum Gasteiger partial charge on any atom is 0.0196 e. The maximum absolute atomic E-state index is 6.03. The SMILES string of the molecule is CN(CC1CC1)CC(N)C1CC1. The topological polar surface area (TPSA) is 29.3 Å². The van der Waals surface area contributed by atoms with Crippen molar-refractivity contribution in [3.8, 4) is 0 Å². The number of nitrogens with two attached hydrogens (primary N) is 1. The predicted octanol–water partition coefficient (Wildman–Crippen LogP) is 1.07. The summed E-state index contributed by atoms with van der Waals surface area (Å²) in [5.41, 5.74) is 6.03. The Balaban J connectivity index is 1.62. The van der Waals surface area contributed by atoms with Gasteiger partial charge in [-0.25, -0.2) is 0 Å². The first-order chi connectivity index (χ1) is 5.75. The van der Waals surface area contributed by atoms with Gasteiger partial charge in [-0.15, -0.1) is 0 Å². The van der Waals surface area contributed by atoms with Gasteiger partial charge in [-0.05, 0) is 44.6 Å². The number of rotatable bonds is 5. The van der Waals surface area contributed by atoms with Crippen LogP contribution in [-0.2, 0) is 0 Å². The van der Waals surface area contributed by atoms with E-state index in [0.29, 0.717) is 6.04 Å². The summed E-state index contributed by atoms with van der Waals surface area (Å²) in [6.07, 6.45) is 5.64. The highest BCUT2D eigenvalue weighted by molar-refractivity contribution is 4.86. The smallest absolute Gasteiger partial charge is 0.0196 e. The maximum atomic E-state index is 6.03. The average molecular weight is 168 g/mol. The predicted molar refractivity (Wildman–Crippen MR) is 50.9 cm³/mol. The van der Waals surface area contributed by atoms with Crippen molar-refractivity contribution in [2.45, 2.75) is 31.7 Å². The number of nitrogens with zero attached hydrogens (tertiary/aromatic N) is 1. The van der Waals surface area contributed by atoms with Gasteiger partial charge in [-0.3, -0.25) is 0 Å². The third kappa shape index (κ3) is 2.46. The summed E-state index contributed by atoms with van der Waals surface area (Å²) in [4.78, 5) is 2.42. The zero-order valence-electron chi connectivity index (χ0n) is 8.00. The zero-order chi connectivity index (χ0) is 8.55. The molecule has 2 nitrogen and oxygen atoms in total. The Bertz CT molecular complexity index is 150.